The molecule has 1 atom stereocenters. The number of nitrogens with zero attached hydrogens (tertiary/aromatic N) is 3. The zero-order valence-corrected chi connectivity index (χ0v) is 13.1. The van der Waals surface area contributed by atoms with E-state index in [-0.39, 0.29) is 5.41 Å². The van der Waals surface area contributed by atoms with Crippen LogP contribution in [0.4, 0.5) is 0 Å². The van der Waals surface area contributed by atoms with Crippen molar-refractivity contribution in [3.05, 3.63) is 35.7 Å². The number of rotatable bonds is 2. The summed E-state index contributed by atoms with van der Waals surface area (Å²) >= 11 is 0. The van der Waals surface area contributed by atoms with Gasteiger partial charge >= 0.3 is 0 Å². The van der Waals surface area contributed by atoms with Gasteiger partial charge in [0.2, 0.25) is 0 Å². The molecule has 0 aliphatic carbocycles. The second-order valence-electron chi connectivity index (χ2n) is 7.01. The molecule has 0 saturated heterocycles. The van der Waals surface area contributed by atoms with E-state index in [1.165, 1.54) is 5.56 Å². The number of hydrogen-bond donors (Lipinski definition) is 1. The molecule has 112 valence electrons. The van der Waals surface area contributed by atoms with Gasteiger partial charge in [0.1, 0.15) is 5.82 Å². The van der Waals surface area contributed by atoms with Crippen LogP contribution >= 0.6 is 0 Å². The van der Waals surface area contributed by atoms with Crippen LogP contribution in [0.3, 0.4) is 0 Å². The lowest BCUT2D eigenvalue weighted by atomic mass is 9.86. The molecule has 1 aliphatic rings. The lowest BCUT2D eigenvalue weighted by Crippen LogP contribution is -2.25. The fraction of sp³-hybridized carbons (Fsp3) is 0.529. The van der Waals surface area contributed by atoms with E-state index in [1.807, 2.05) is 0 Å². The van der Waals surface area contributed by atoms with E-state index >= 15 is 0 Å². The predicted octanol–water partition coefficient (Wildman–Crippen LogP) is 2.76. The second-order valence-corrected chi connectivity index (χ2v) is 7.01. The van der Waals surface area contributed by atoms with Gasteiger partial charge in [0, 0.05) is 18.5 Å². The molecular weight excluding hydrogens is 260 g/mol. The fourth-order valence-corrected chi connectivity index (χ4v) is 2.93. The molecule has 2 aromatic rings. The average Bonchev–Trinajstić information content (AvgIpc) is 2.89. The van der Waals surface area contributed by atoms with Gasteiger partial charge in [-0.2, -0.15) is 0 Å². The standard InChI is InChI=1S/C17H24N4/c1-17(2,3)14-6-4-13(5-7-14)16-20-19-15-10-12(11-18)8-9-21(15)16/h4-7,12H,8-11,18H2,1-3H3. The molecule has 4 nitrogen and oxygen atoms in total. The summed E-state index contributed by atoms with van der Waals surface area (Å²) in [5, 5.41) is 8.76. The minimum absolute atomic E-state index is 0.178. The largest absolute Gasteiger partial charge is 0.330 e. The second kappa shape index (κ2) is 5.26. The van der Waals surface area contributed by atoms with Crippen molar-refractivity contribution in [2.75, 3.05) is 6.54 Å². The SMILES string of the molecule is CC(C)(C)c1ccc(-c2nnc3n2CCC(CN)C3)cc1. The van der Waals surface area contributed by atoms with Gasteiger partial charge < -0.3 is 10.3 Å². The van der Waals surface area contributed by atoms with E-state index in [0.29, 0.717) is 5.92 Å². The fourth-order valence-electron chi connectivity index (χ4n) is 2.93. The van der Waals surface area contributed by atoms with E-state index in [4.69, 9.17) is 5.73 Å². The summed E-state index contributed by atoms with van der Waals surface area (Å²) in [7, 11) is 0. The van der Waals surface area contributed by atoms with Gasteiger partial charge in [0.05, 0.1) is 0 Å². The van der Waals surface area contributed by atoms with Gasteiger partial charge in [0.25, 0.3) is 0 Å². The van der Waals surface area contributed by atoms with Crippen LogP contribution in [-0.4, -0.2) is 21.3 Å². The van der Waals surface area contributed by atoms with Gasteiger partial charge in [-0.05, 0) is 29.9 Å². The average molecular weight is 284 g/mol. The molecule has 0 saturated carbocycles. The molecule has 0 amide bonds. The molecule has 2 heterocycles. The van der Waals surface area contributed by atoms with Crippen molar-refractivity contribution in [3.63, 3.8) is 0 Å². The first-order chi connectivity index (χ1) is 9.99. The van der Waals surface area contributed by atoms with Gasteiger partial charge in [0.15, 0.2) is 5.82 Å². The maximum Gasteiger partial charge on any atom is 0.163 e. The maximum absolute atomic E-state index is 5.78. The van der Waals surface area contributed by atoms with Gasteiger partial charge in [-0.3, -0.25) is 0 Å². The number of fused-ring (bicyclic) bond motifs is 1. The minimum Gasteiger partial charge on any atom is -0.330 e. The van der Waals surface area contributed by atoms with E-state index < -0.39 is 0 Å². The summed E-state index contributed by atoms with van der Waals surface area (Å²) in [6.07, 6.45) is 2.07. The Morgan fingerprint density at radius 1 is 1.19 bits per heavy atom. The van der Waals surface area contributed by atoms with Crippen molar-refractivity contribution in [1.82, 2.24) is 14.8 Å². The van der Waals surface area contributed by atoms with E-state index in [9.17, 15) is 0 Å². The van der Waals surface area contributed by atoms with Crippen molar-refractivity contribution in [3.8, 4) is 11.4 Å². The summed E-state index contributed by atoms with van der Waals surface area (Å²) in [6.45, 7) is 8.40. The van der Waals surface area contributed by atoms with E-state index in [2.05, 4.69) is 59.8 Å². The zero-order chi connectivity index (χ0) is 15.0. The quantitative estimate of drug-likeness (QED) is 0.922. The van der Waals surface area contributed by atoms with Crippen LogP contribution in [0.5, 0.6) is 0 Å². The summed E-state index contributed by atoms with van der Waals surface area (Å²) in [4.78, 5) is 0. The van der Waals surface area contributed by atoms with Crippen molar-refractivity contribution < 1.29 is 0 Å². The normalized spacial score (nSPS) is 18.6. The third-order valence-corrected chi connectivity index (χ3v) is 4.40. The highest BCUT2D eigenvalue weighted by Crippen LogP contribution is 2.28. The summed E-state index contributed by atoms with van der Waals surface area (Å²) < 4.78 is 2.25. The Morgan fingerprint density at radius 3 is 2.52 bits per heavy atom. The van der Waals surface area contributed by atoms with E-state index in [0.717, 1.165) is 43.1 Å². The lowest BCUT2D eigenvalue weighted by Gasteiger charge is -2.22. The number of nitrogens with two attached hydrogens (primary N) is 1. The predicted molar refractivity (Wildman–Crippen MR) is 85.0 cm³/mol. The highest BCUT2D eigenvalue weighted by atomic mass is 15.3. The zero-order valence-electron chi connectivity index (χ0n) is 13.1. The van der Waals surface area contributed by atoms with Gasteiger partial charge in [-0.1, -0.05) is 45.0 Å². The van der Waals surface area contributed by atoms with Gasteiger partial charge in [-0.15, -0.1) is 10.2 Å². The highest BCUT2D eigenvalue weighted by molar-refractivity contribution is 5.56. The Hall–Kier alpha value is -1.68. The molecule has 1 aromatic heterocycles. The van der Waals surface area contributed by atoms with Crippen LogP contribution in [0.25, 0.3) is 11.4 Å². The maximum atomic E-state index is 5.78. The first-order valence-corrected chi connectivity index (χ1v) is 7.72. The minimum atomic E-state index is 0.178. The Labute approximate surface area is 126 Å². The van der Waals surface area contributed by atoms with Crippen LogP contribution in [0, 0.1) is 5.92 Å². The molecule has 0 bridgehead atoms. The molecule has 1 aromatic carbocycles. The topological polar surface area (TPSA) is 56.7 Å². The number of aromatic nitrogens is 3. The lowest BCUT2D eigenvalue weighted by molar-refractivity contribution is 0.391. The van der Waals surface area contributed by atoms with Crippen LogP contribution < -0.4 is 5.73 Å². The van der Waals surface area contributed by atoms with Crippen LogP contribution in [-0.2, 0) is 18.4 Å². The van der Waals surface area contributed by atoms with Crippen LogP contribution in [0.1, 0.15) is 38.6 Å². The first-order valence-electron chi connectivity index (χ1n) is 7.72. The molecule has 3 rings (SSSR count). The van der Waals surface area contributed by atoms with Crippen molar-refractivity contribution >= 4 is 0 Å². The number of hydrogen-bond acceptors (Lipinski definition) is 3. The third-order valence-electron chi connectivity index (χ3n) is 4.40. The van der Waals surface area contributed by atoms with E-state index in [1.54, 1.807) is 0 Å². The molecule has 0 fully saturated rings. The molecule has 4 heteroatoms. The Morgan fingerprint density at radius 2 is 1.90 bits per heavy atom. The molecule has 2 N–H and O–H groups in total. The van der Waals surface area contributed by atoms with Gasteiger partial charge in [-0.25, -0.2) is 0 Å². The summed E-state index contributed by atoms with van der Waals surface area (Å²) in [5.74, 6) is 2.62. The molecule has 1 unspecified atom stereocenters. The molecule has 21 heavy (non-hydrogen) atoms. The molecule has 0 spiro atoms. The number of benzene rings is 1. The summed E-state index contributed by atoms with van der Waals surface area (Å²) in [6, 6.07) is 8.71. The monoisotopic (exact) mass is 284 g/mol. The smallest absolute Gasteiger partial charge is 0.163 e. The van der Waals surface area contributed by atoms with Crippen LogP contribution in [0.2, 0.25) is 0 Å². The third kappa shape index (κ3) is 2.72. The summed E-state index contributed by atoms with van der Waals surface area (Å²) in [5.41, 5.74) is 8.44. The Balaban J connectivity index is 1.90. The van der Waals surface area contributed by atoms with Crippen LogP contribution in [0.15, 0.2) is 24.3 Å². The molecule has 1 aliphatic heterocycles. The Bertz CT molecular complexity index is 619. The van der Waals surface area contributed by atoms with Crippen molar-refractivity contribution in [2.24, 2.45) is 11.7 Å². The molecular formula is C17H24N4. The van der Waals surface area contributed by atoms with Crippen molar-refractivity contribution in [1.29, 1.82) is 0 Å². The highest BCUT2D eigenvalue weighted by Gasteiger charge is 2.23. The Kier molecular flexibility index (Phi) is 3.57. The first kappa shape index (κ1) is 14.3. The van der Waals surface area contributed by atoms with Crippen molar-refractivity contribution in [2.45, 2.75) is 45.6 Å². The molecule has 0 radical (unpaired) electrons.